The number of hydrogen-bond donors (Lipinski definition) is 2. The van der Waals surface area contributed by atoms with E-state index in [0.717, 1.165) is 16.1 Å². The first-order valence-electron chi connectivity index (χ1n) is 7.53. The summed E-state index contributed by atoms with van der Waals surface area (Å²) < 4.78 is 0. The van der Waals surface area contributed by atoms with Gasteiger partial charge in [0.2, 0.25) is 11.8 Å². The third kappa shape index (κ3) is 4.11. The average molecular weight is 365 g/mol. The number of aromatic nitrogens is 1. The monoisotopic (exact) mass is 364 g/mol. The van der Waals surface area contributed by atoms with Crippen molar-refractivity contribution >= 4 is 39.9 Å². The van der Waals surface area contributed by atoms with E-state index < -0.39 is 0 Å². The largest absolute Gasteiger partial charge is 0.354 e. The second kappa shape index (κ2) is 7.29. The lowest BCUT2D eigenvalue weighted by atomic mass is 10.1. The number of carbonyl (C=O) groups is 2. The number of halogens is 1. The van der Waals surface area contributed by atoms with Gasteiger partial charge < -0.3 is 10.6 Å². The molecule has 2 heterocycles. The standard InChI is InChI=1S/C16H17ClN4O2S/c1-10-15(11-3-2-4-12(17)7-11)20-16(24-10)19-14(23)9-21-6-5-18-13(22)8-21/h2-4,7H,5-6,8-9H2,1H3,(H,18,22)(H,19,20,23). The third-order valence-electron chi connectivity index (χ3n) is 3.63. The summed E-state index contributed by atoms with van der Waals surface area (Å²) in [5, 5.41) is 6.74. The molecule has 0 aliphatic carbocycles. The average Bonchev–Trinajstić information content (AvgIpc) is 2.87. The number of piperazine rings is 1. The van der Waals surface area contributed by atoms with Crippen LogP contribution < -0.4 is 10.6 Å². The van der Waals surface area contributed by atoms with Crippen molar-refractivity contribution < 1.29 is 9.59 Å². The Hall–Kier alpha value is -1.96. The van der Waals surface area contributed by atoms with Crippen molar-refractivity contribution in [3.63, 3.8) is 0 Å². The molecule has 1 aromatic heterocycles. The molecule has 126 valence electrons. The van der Waals surface area contributed by atoms with Gasteiger partial charge >= 0.3 is 0 Å². The van der Waals surface area contributed by atoms with Gasteiger partial charge in [-0.25, -0.2) is 4.98 Å². The smallest absolute Gasteiger partial charge is 0.240 e. The number of carbonyl (C=O) groups excluding carboxylic acids is 2. The van der Waals surface area contributed by atoms with Gasteiger partial charge in [0.05, 0.1) is 18.8 Å². The molecule has 0 saturated carbocycles. The summed E-state index contributed by atoms with van der Waals surface area (Å²) in [6.07, 6.45) is 0. The summed E-state index contributed by atoms with van der Waals surface area (Å²) in [5.74, 6) is -0.224. The van der Waals surface area contributed by atoms with Gasteiger partial charge in [0.15, 0.2) is 5.13 Å². The van der Waals surface area contributed by atoms with Gasteiger partial charge in [-0.15, -0.1) is 11.3 Å². The van der Waals surface area contributed by atoms with Gasteiger partial charge in [-0.3, -0.25) is 14.5 Å². The fourth-order valence-electron chi connectivity index (χ4n) is 2.54. The fraction of sp³-hybridized carbons (Fsp3) is 0.312. The quantitative estimate of drug-likeness (QED) is 0.871. The van der Waals surface area contributed by atoms with Crippen molar-refractivity contribution in [1.29, 1.82) is 0 Å². The second-order valence-electron chi connectivity index (χ2n) is 5.54. The summed E-state index contributed by atoms with van der Waals surface area (Å²) in [6.45, 7) is 3.63. The molecule has 0 bridgehead atoms. The molecule has 1 aliphatic heterocycles. The van der Waals surface area contributed by atoms with Crippen LogP contribution in [0.3, 0.4) is 0 Å². The van der Waals surface area contributed by atoms with Crippen LogP contribution in [0.25, 0.3) is 11.3 Å². The minimum Gasteiger partial charge on any atom is -0.354 e. The molecule has 0 unspecified atom stereocenters. The molecule has 2 aromatic rings. The number of amides is 2. The van der Waals surface area contributed by atoms with Crippen LogP contribution in [0.4, 0.5) is 5.13 Å². The molecule has 2 N–H and O–H groups in total. The molecule has 1 aromatic carbocycles. The van der Waals surface area contributed by atoms with Crippen LogP contribution in [0.5, 0.6) is 0 Å². The molecule has 24 heavy (non-hydrogen) atoms. The first kappa shape index (κ1) is 16.9. The highest BCUT2D eigenvalue weighted by Crippen LogP contribution is 2.31. The number of rotatable bonds is 4. The normalized spacial score (nSPS) is 15.2. The van der Waals surface area contributed by atoms with Crippen molar-refractivity contribution in [3.8, 4) is 11.3 Å². The summed E-state index contributed by atoms with van der Waals surface area (Å²) >= 11 is 7.45. The van der Waals surface area contributed by atoms with E-state index in [2.05, 4.69) is 15.6 Å². The molecule has 0 atom stereocenters. The predicted octanol–water partition coefficient (Wildman–Crippen LogP) is 2.14. The fourth-order valence-corrected chi connectivity index (χ4v) is 3.58. The Kier molecular flexibility index (Phi) is 5.13. The highest BCUT2D eigenvalue weighted by atomic mass is 35.5. The Morgan fingerprint density at radius 2 is 2.33 bits per heavy atom. The molecule has 1 saturated heterocycles. The van der Waals surface area contributed by atoms with Crippen LogP contribution in [-0.4, -0.2) is 47.9 Å². The van der Waals surface area contributed by atoms with Crippen molar-refractivity contribution in [2.24, 2.45) is 0 Å². The number of anilines is 1. The van der Waals surface area contributed by atoms with Crippen LogP contribution >= 0.6 is 22.9 Å². The zero-order valence-corrected chi connectivity index (χ0v) is 14.7. The van der Waals surface area contributed by atoms with Crippen molar-refractivity contribution in [2.75, 3.05) is 31.5 Å². The lowest BCUT2D eigenvalue weighted by Crippen LogP contribution is -2.49. The van der Waals surface area contributed by atoms with Gasteiger partial charge in [-0.1, -0.05) is 23.7 Å². The topological polar surface area (TPSA) is 74.3 Å². The van der Waals surface area contributed by atoms with E-state index >= 15 is 0 Å². The molecular formula is C16H17ClN4O2S. The molecule has 0 spiro atoms. The van der Waals surface area contributed by atoms with Crippen molar-refractivity contribution in [1.82, 2.24) is 15.2 Å². The summed E-state index contributed by atoms with van der Waals surface area (Å²) in [7, 11) is 0. The summed E-state index contributed by atoms with van der Waals surface area (Å²) in [4.78, 5) is 30.8. The van der Waals surface area contributed by atoms with Gasteiger partial charge in [0.25, 0.3) is 0 Å². The maximum atomic E-state index is 12.2. The van der Waals surface area contributed by atoms with E-state index in [1.165, 1.54) is 11.3 Å². The van der Waals surface area contributed by atoms with Gasteiger partial charge in [0.1, 0.15) is 0 Å². The number of nitrogens with one attached hydrogen (secondary N) is 2. The molecule has 2 amide bonds. The number of aryl methyl sites for hydroxylation is 1. The molecule has 0 radical (unpaired) electrons. The van der Waals surface area contributed by atoms with E-state index in [9.17, 15) is 9.59 Å². The van der Waals surface area contributed by atoms with Gasteiger partial charge in [0, 0.05) is 28.6 Å². The number of hydrogen-bond acceptors (Lipinski definition) is 5. The summed E-state index contributed by atoms with van der Waals surface area (Å²) in [6, 6.07) is 7.47. The molecule has 6 nitrogen and oxygen atoms in total. The highest BCUT2D eigenvalue weighted by molar-refractivity contribution is 7.16. The minimum atomic E-state index is -0.170. The lowest BCUT2D eigenvalue weighted by Gasteiger charge is -2.25. The maximum absolute atomic E-state index is 12.2. The van der Waals surface area contributed by atoms with E-state index in [-0.39, 0.29) is 24.9 Å². The van der Waals surface area contributed by atoms with Crippen molar-refractivity contribution in [2.45, 2.75) is 6.92 Å². The molecular weight excluding hydrogens is 348 g/mol. The number of benzene rings is 1. The Balaban J connectivity index is 1.66. The van der Waals surface area contributed by atoms with Gasteiger partial charge in [-0.05, 0) is 19.1 Å². The zero-order chi connectivity index (χ0) is 17.1. The molecule has 3 rings (SSSR count). The maximum Gasteiger partial charge on any atom is 0.240 e. The van der Waals surface area contributed by atoms with E-state index in [0.29, 0.717) is 23.2 Å². The highest BCUT2D eigenvalue weighted by Gasteiger charge is 2.19. The summed E-state index contributed by atoms with van der Waals surface area (Å²) in [5.41, 5.74) is 1.74. The molecule has 1 fully saturated rings. The Morgan fingerprint density at radius 1 is 1.50 bits per heavy atom. The van der Waals surface area contributed by atoms with Crippen LogP contribution in [-0.2, 0) is 9.59 Å². The lowest BCUT2D eigenvalue weighted by molar-refractivity contribution is -0.125. The minimum absolute atomic E-state index is 0.0533. The Labute approximate surface area is 148 Å². The molecule has 1 aliphatic rings. The first-order chi connectivity index (χ1) is 11.5. The van der Waals surface area contributed by atoms with Crippen LogP contribution in [0.1, 0.15) is 4.88 Å². The van der Waals surface area contributed by atoms with E-state index in [4.69, 9.17) is 11.6 Å². The van der Waals surface area contributed by atoms with Crippen LogP contribution in [0.15, 0.2) is 24.3 Å². The first-order valence-corrected chi connectivity index (χ1v) is 8.73. The SMILES string of the molecule is Cc1sc(NC(=O)CN2CCNC(=O)C2)nc1-c1cccc(Cl)c1. The van der Waals surface area contributed by atoms with E-state index in [1.807, 2.05) is 36.1 Å². The predicted molar refractivity (Wildman–Crippen MR) is 95.4 cm³/mol. The van der Waals surface area contributed by atoms with E-state index in [1.54, 1.807) is 0 Å². The Morgan fingerprint density at radius 3 is 3.08 bits per heavy atom. The number of thiazole rings is 1. The van der Waals surface area contributed by atoms with Gasteiger partial charge in [-0.2, -0.15) is 0 Å². The third-order valence-corrected chi connectivity index (χ3v) is 4.75. The molecule has 8 heteroatoms. The number of nitrogens with zero attached hydrogens (tertiary/aromatic N) is 2. The zero-order valence-electron chi connectivity index (χ0n) is 13.1. The van der Waals surface area contributed by atoms with Crippen LogP contribution in [0, 0.1) is 6.92 Å². The second-order valence-corrected chi connectivity index (χ2v) is 7.18. The van der Waals surface area contributed by atoms with Crippen LogP contribution in [0.2, 0.25) is 5.02 Å². The van der Waals surface area contributed by atoms with Crippen molar-refractivity contribution in [3.05, 3.63) is 34.2 Å². The Bertz CT molecular complexity index is 777.